The topological polar surface area (TPSA) is 82.0 Å². The molecule has 0 unspecified atom stereocenters. The molecule has 1 fully saturated rings. The van der Waals surface area contributed by atoms with E-state index in [4.69, 9.17) is 11.6 Å². The van der Waals surface area contributed by atoms with Gasteiger partial charge in [-0.3, -0.25) is 14.7 Å². The number of thiazole rings is 1. The quantitative estimate of drug-likeness (QED) is 0.707. The lowest BCUT2D eigenvalue weighted by Crippen LogP contribution is -2.49. The SMILES string of the molecule is CN=c1scc(CN2CCN(C(=O)CCNC(=O)Nc3ccc(Cl)cc3)CC2)n1C. The van der Waals surface area contributed by atoms with Gasteiger partial charge in [-0.15, -0.1) is 11.3 Å². The molecule has 1 aliphatic rings. The molecule has 0 aliphatic carbocycles. The van der Waals surface area contributed by atoms with Crippen molar-refractivity contribution in [2.75, 3.05) is 45.1 Å². The lowest BCUT2D eigenvalue weighted by molar-refractivity contribution is -0.132. The Kier molecular flexibility index (Phi) is 7.89. The third-order valence-electron chi connectivity index (χ3n) is 5.05. The van der Waals surface area contributed by atoms with Gasteiger partial charge in [0, 0.05) is 81.6 Å². The number of hydrogen-bond donors (Lipinski definition) is 2. The molecule has 1 aliphatic heterocycles. The average Bonchev–Trinajstić information content (AvgIpc) is 3.09. The minimum Gasteiger partial charge on any atom is -0.340 e. The third kappa shape index (κ3) is 6.07. The molecule has 3 amide bonds. The highest BCUT2D eigenvalue weighted by Gasteiger charge is 2.21. The number of hydrogen-bond acceptors (Lipinski definition) is 5. The summed E-state index contributed by atoms with van der Waals surface area (Å²) in [5.41, 5.74) is 1.88. The number of piperazine rings is 1. The van der Waals surface area contributed by atoms with E-state index < -0.39 is 0 Å². The molecule has 162 valence electrons. The fourth-order valence-electron chi connectivity index (χ4n) is 3.28. The monoisotopic (exact) mass is 450 g/mol. The van der Waals surface area contributed by atoms with Gasteiger partial charge in [-0.25, -0.2) is 4.79 Å². The Bertz CT molecular complexity index is 932. The zero-order valence-corrected chi connectivity index (χ0v) is 18.8. The van der Waals surface area contributed by atoms with Crippen molar-refractivity contribution in [2.45, 2.75) is 13.0 Å². The molecule has 2 heterocycles. The van der Waals surface area contributed by atoms with Crippen molar-refractivity contribution >= 4 is 40.6 Å². The van der Waals surface area contributed by atoms with Gasteiger partial charge in [0.05, 0.1) is 0 Å². The zero-order valence-electron chi connectivity index (χ0n) is 17.2. The highest BCUT2D eigenvalue weighted by atomic mass is 35.5. The molecule has 0 spiro atoms. The highest BCUT2D eigenvalue weighted by Crippen LogP contribution is 2.13. The van der Waals surface area contributed by atoms with Crippen molar-refractivity contribution in [3.63, 3.8) is 0 Å². The number of halogens is 1. The van der Waals surface area contributed by atoms with Gasteiger partial charge < -0.3 is 20.1 Å². The van der Waals surface area contributed by atoms with Crippen LogP contribution in [-0.2, 0) is 18.4 Å². The fourth-order valence-corrected chi connectivity index (χ4v) is 4.26. The Morgan fingerprint density at radius 2 is 1.87 bits per heavy atom. The second kappa shape index (κ2) is 10.6. The molecule has 0 radical (unpaired) electrons. The minimum atomic E-state index is -0.336. The minimum absolute atomic E-state index is 0.0644. The van der Waals surface area contributed by atoms with Crippen molar-refractivity contribution < 1.29 is 9.59 Å². The smallest absolute Gasteiger partial charge is 0.319 e. The number of carbonyl (C=O) groups excluding carboxylic acids is 2. The zero-order chi connectivity index (χ0) is 21.5. The largest absolute Gasteiger partial charge is 0.340 e. The van der Waals surface area contributed by atoms with Gasteiger partial charge in [-0.1, -0.05) is 11.6 Å². The summed E-state index contributed by atoms with van der Waals surface area (Å²) >= 11 is 7.47. The van der Waals surface area contributed by atoms with Gasteiger partial charge in [0.15, 0.2) is 4.80 Å². The molecule has 1 aromatic carbocycles. The van der Waals surface area contributed by atoms with Crippen LogP contribution in [0.2, 0.25) is 5.02 Å². The molecular weight excluding hydrogens is 424 g/mol. The van der Waals surface area contributed by atoms with Gasteiger partial charge in [-0.05, 0) is 24.3 Å². The molecule has 0 atom stereocenters. The number of nitrogens with one attached hydrogen (secondary N) is 2. The lowest BCUT2D eigenvalue weighted by Gasteiger charge is -2.34. The third-order valence-corrected chi connectivity index (χ3v) is 6.36. The summed E-state index contributed by atoms with van der Waals surface area (Å²) in [6, 6.07) is 6.52. The average molecular weight is 451 g/mol. The maximum absolute atomic E-state index is 12.4. The fraction of sp³-hybridized carbons (Fsp3) is 0.450. The van der Waals surface area contributed by atoms with E-state index in [0.29, 0.717) is 30.3 Å². The number of benzene rings is 1. The number of anilines is 1. The molecule has 10 heteroatoms. The molecule has 2 aromatic rings. The van der Waals surface area contributed by atoms with Crippen LogP contribution in [0.5, 0.6) is 0 Å². The van der Waals surface area contributed by atoms with E-state index in [0.717, 1.165) is 24.4 Å². The molecule has 30 heavy (non-hydrogen) atoms. The van der Waals surface area contributed by atoms with Crippen LogP contribution in [0.3, 0.4) is 0 Å². The second-order valence-electron chi connectivity index (χ2n) is 7.09. The van der Waals surface area contributed by atoms with Gasteiger partial charge >= 0.3 is 6.03 Å². The molecule has 1 saturated heterocycles. The van der Waals surface area contributed by atoms with E-state index in [1.54, 1.807) is 42.6 Å². The molecule has 8 nitrogen and oxygen atoms in total. The summed E-state index contributed by atoms with van der Waals surface area (Å²) in [6.07, 6.45) is 0.287. The van der Waals surface area contributed by atoms with Crippen LogP contribution in [-0.4, -0.2) is 66.1 Å². The summed E-state index contributed by atoms with van der Waals surface area (Å²) in [6.45, 7) is 4.24. The molecule has 1 aromatic heterocycles. The highest BCUT2D eigenvalue weighted by molar-refractivity contribution is 7.07. The number of carbonyl (C=O) groups is 2. The van der Waals surface area contributed by atoms with Crippen LogP contribution in [0.25, 0.3) is 0 Å². The maximum Gasteiger partial charge on any atom is 0.319 e. The van der Waals surface area contributed by atoms with Crippen LogP contribution in [0.4, 0.5) is 10.5 Å². The second-order valence-corrected chi connectivity index (χ2v) is 8.36. The summed E-state index contributed by atoms with van der Waals surface area (Å²) in [4.78, 5) is 33.9. The first-order chi connectivity index (χ1) is 14.5. The summed E-state index contributed by atoms with van der Waals surface area (Å²) < 4.78 is 2.11. The molecule has 0 saturated carbocycles. The first kappa shape index (κ1) is 22.3. The summed E-state index contributed by atoms with van der Waals surface area (Å²) in [5, 5.41) is 8.18. The molecule has 3 rings (SSSR count). The van der Waals surface area contributed by atoms with Gasteiger partial charge in [0.2, 0.25) is 5.91 Å². The Balaban J connectivity index is 1.36. The molecular formula is C20H27ClN6O2S. The van der Waals surface area contributed by atoms with Gasteiger partial charge in [-0.2, -0.15) is 0 Å². The molecule has 2 N–H and O–H groups in total. The number of aromatic nitrogens is 1. The van der Waals surface area contributed by atoms with Gasteiger partial charge in [0.1, 0.15) is 0 Å². The first-order valence-corrected chi connectivity index (χ1v) is 11.1. The normalized spacial score (nSPS) is 15.3. The number of amides is 3. The Labute approximate surface area is 185 Å². The van der Waals surface area contributed by atoms with E-state index >= 15 is 0 Å². The predicted molar refractivity (Wildman–Crippen MR) is 120 cm³/mol. The Morgan fingerprint density at radius 1 is 1.17 bits per heavy atom. The van der Waals surface area contributed by atoms with E-state index in [1.165, 1.54) is 5.69 Å². The van der Waals surface area contributed by atoms with Gasteiger partial charge in [0.25, 0.3) is 0 Å². The Hall–Kier alpha value is -2.36. The standard InChI is InChI=1S/C20H27ClN6O2S/c1-22-20-25(2)17(14-30-20)13-26-9-11-27(12-10-26)18(28)7-8-23-19(29)24-16-5-3-15(21)4-6-16/h3-6,14H,7-13H2,1-2H3,(H2,23,24,29). The van der Waals surface area contributed by atoms with Crippen LogP contribution in [0.1, 0.15) is 12.1 Å². The number of rotatable bonds is 6. The number of urea groups is 1. The summed E-state index contributed by atoms with van der Waals surface area (Å²) in [7, 11) is 3.83. The first-order valence-electron chi connectivity index (χ1n) is 9.83. The van der Waals surface area contributed by atoms with Crippen molar-refractivity contribution in [3.8, 4) is 0 Å². The predicted octanol–water partition coefficient (Wildman–Crippen LogP) is 2.13. The van der Waals surface area contributed by atoms with Crippen LogP contribution >= 0.6 is 22.9 Å². The lowest BCUT2D eigenvalue weighted by atomic mass is 10.2. The Morgan fingerprint density at radius 3 is 2.50 bits per heavy atom. The summed E-state index contributed by atoms with van der Waals surface area (Å²) in [5.74, 6) is 0.0644. The van der Waals surface area contributed by atoms with Crippen LogP contribution in [0, 0.1) is 0 Å². The van der Waals surface area contributed by atoms with Crippen LogP contribution in [0.15, 0.2) is 34.6 Å². The van der Waals surface area contributed by atoms with Crippen LogP contribution < -0.4 is 15.4 Å². The number of nitrogens with zero attached hydrogens (tertiary/aromatic N) is 4. The van der Waals surface area contributed by atoms with E-state index in [-0.39, 0.29) is 18.4 Å². The van der Waals surface area contributed by atoms with Crippen molar-refractivity contribution in [2.24, 2.45) is 12.0 Å². The van der Waals surface area contributed by atoms with E-state index in [1.807, 2.05) is 11.9 Å². The van der Waals surface area contributed by atoms with Crippen molar-refractivity contribution in [1.29, 1.82) is 0 Å². The van der Waals surface area contributed by atoms with E-state index in [9.17, 15) is 9.59 Å². The molecule has 0 bridgehead atoms. The van der Waals surface area contributed by atoms with Crippen molar-refractivity contribution in [3.05, 3.63) is 45.2 Å². The maximum atomic E-state index is 12.4. The van der Waals surface area contributed by atoms with Crippen molar-refractivity contribution in [1.82, 2.24) is 19.7 Å². The van der Waals surface area contributed by atoms with E-state index in [2.05, 4.69) is 30.5 Å².